The number of rotatable bonds is 3. The summed E-state index contributed by atoms with van der Waals surface area (Å²) >= 11 is 0. The second-order valence-electron chi connectivity index (χ2n) is 3.83. The highest BCUT2D eigenvalue weighted by Gasteiger charge is 2.18. The van der Waals surface area contributed by atoms with Crippen LogP contribution in [-0.4, -0.2) is 29.2 Å². The summed E-state index contributed by atoms with van der Waals surface area (Å²) in [6.45, 7) is 0. The third-order valence-corrected chi connectivity index (χ3v) is 2.60. The number of carbonyl (C=O) groups excluding carboxylic acids is 1. The number of nitrogens with zero attached hydrogens (tertiary/aromatic N) is 2. The van der Waals surface area contributed by atoms with Crippen molar-refractivity contribution in [3.63, 3.8) is 0 Å². The molecule has 7 heteroatoms. The number of amides is 1. The Kier molecular flexibility index (Phi) is 3.19. The molecular formula is C12H11N3O4. The number of benzene rings is 1. The van der Waals surface area contributed by atoms with Crippen LogP contribution >= 0.6 is 0 Å². The first-order valence-electron chi connectivity index (χ1n) is 5.32. The Morgan fingerprint density at radius 2 is 2.11 bits per heavy atom. The van der Waals surface area contributed by atoms with Crippen LogP contribution in [0.2, 0.25) is 0 Å². The minimum Gasteiger partial charge on any atom is -0.478 e. The molecule has 0 aliphatic carbocycles. The molecule has 19 heavy (non-hydrogen) atoms. The number of carboxylic acid groups (broad SMARTS) is 1. The largest absolute Gasteiger partial charge is 0.478 e. The van der Waals surface area contributed by atoms with Crippen LogP contribution < -0.4 is 10.6 Å². The van der Waals surface area contributed by atoms with Crippen molar-refractivity contribution in [2.24, 2.45) is 0 Å². The van der Waals surface area contributed by atoms with E-state index in [0.29, 0.717) is 5.69 Å². The summed E-state index contributed by atoms with van der Waals surface area (Å²) in [6, 6.07) is 5.57. The summed E-state index contributed by atoms with van der Waals surface area (Å²) in [5, 5.41) is 12.4. The smallest absolute Gasteiger partial charge is 0.335 e. The Balaban J connectivity index is 2.32. The van der Waals surface area contributed by atoms with Crippen LogP contribution in [0.5, 0.6) is 0 Å². The molecule has 0 atom stereocenters. The number of aromatic nitrogens is 1. The molecule has 3 N–H and O–H groups in total. The maximum Gasteiger partial charge on any atom is 0.335 e. The van der Waals surface area contributed by atoms with Crippen molar-refractivity contribution in [2.75, 3.05) is 17.7 Å². The first-order valence-corrected chi connectivity index (χ1v) is 5.32. The van der Waals surface area contributed by atoms with Gasteiger partial charge in [0.2, 0.25) is 0 Å². The molecule has 0 saturated carbocycles. The molecule has 1 aromatic carbocycles. The molecule has 1 amide bonds. The fraction of sp³-hybridized carbons (Fsp3) is 0.0833. The normalized spacial score (nSPS) is 10.2. The molecule has 0 bridgehead atoms. The highest BCUT2D eigenvalue weighted by Crippen LogP contribution is 2.24. The Morgan fingerprint density at radius 3 is 2.63 bits per heavy atom. The minimum atomic E-state index is -1.08. The molecule has 7 nitrogen and oxygen atoms in total. The number of anilines is 2. The molecular weight excluding hydrogens is 250 g/mol. The number of nitrogen functional groups attached to an aromatic ring is 1. The molecule has 0 aliphatic rings. The van der Waals surface area contributed by atoms with Gasteiger partial charge >= 0.3 is 5.97 Å². The van der Waals surface area contributed by atoms with Gasteiger partial charge in [0.05, 0.1) is 16.9 Å². The lowest BCUT2D eigenvalue weighted by molar-refractivity contribution is 0.0697. The summed E-state index contributed by atoms with van der Waals surface area (Å²) in [5.41, 5.74) is 6.55. The van der Waals surface area contributed by atoms with E-state index < -0.39 is 11.9 Å². The molecule has 0 spiro atoms. The van der Waals surface area contributed by atoms with Gasteiger partial charge in [-0.3, -0.25) is 4.79 Å². The maximum absolute atomic E-state index is 12.0. The lowest BCUT2D eigenvalue weighted by Gasteiger charge is -2.18. The standard InChI is InChI=1S/C12H11N3O4/c1-15(11(16)9-4-5-19-14-9)10-3-2-7(12(17)18)6-8(10)13/h2-6H,13H2,1H3,(H,17,18). The van der Waals surface area contributed by atoms with E-state index in [9.17, 15) is 9.59 Å². The van der Waals surface area contributed by atoms with Gasteiger partial charge in [0.1, 0.15) is 6.26 Å². The molecule has 0 unspecified atom stereocenters. The SMILES string of the molecule is CN(C(=O)c1ccon1)c1ccc(C(=O)O)cc1N. The Labute approximate surface area is 108 Å². The number of nitrogens with two attached hydrogens (primary N) is 1. The van der Waals surface area contributed by atoms with Crippen LogP contribution in [0.1, 0.15) is 20.8 Å². The van der Waals surface area contributed by atoms with Gasteiger partial charge in [-0.05, 0) is 18.2 Å². The lowest BCUT2D eigenvalue weighted by atomic mass is 10.1. The molecule has 1 aromatic heterocycles. The van der Waals surface area contributed by atoms with Gasteiger partial charge in [0.15, 0.2) is 5.69 Å². The zero-order valence-electron chi connectivity index (χ0n) is 10.0. The monoisotopic (exact) mass is 261 g/mol. The number of hydrogen-bond acceptors (Lipinski definition) is 5. The maximum atomic E-state index is 12.0. The van der Waals surface area contributed by atoms with Crippen molar-refractivity contribution < 1.29 is 19.2 Å². The van der Waals surface area contributed by atoms with Crippen molar-refractivity contribution in [3.05, 3.63) is 41.8 Å². The van der Waals surface area contributed by atoms with Gasteiger partial charge in [0.25, 0.3) is 5.91 Å². The predicted octanol–water partition coefficient (Wildman–Crippen LogP) is 1.23. The highest BCUT2D eigenvalue weighted by atomic mass is 16.5. The van der Waals surface area contributed by atoms with Crippen LogP contribution in [0.25, 0.3) is 0 Å². The highest BCUT2D eigenvalue weighted by molar-refractivity contribution is 6.06. The fourth-order valence-electron chi connectivity index (χ4n) is 1.60. The summed E-state index contributed by atoms with van der Waals surface area (Å²) < 4.78 is 4.60. The summed E-state index contributed by atoms with van der Waals surface area (Å²) in [4.78, 5) is 24.1. The van der Waals surface area contributed by atoms with Crippen LogP contribution in [0, 0.1) is 0 Å². The predicted molar refractivity (Wildman–Crippen MR) is 67.1 cm³/mol. The van der Waals surface area contributed by atoms with Crippen LogP contribution in [0.3, 0.4) is 0 Å². The number of carboxylic acids is 1. The number of aromatic carboxylic acids is 1. The van der Waals surface area contributed by atoms with Gasteiger partial charge < -0.3 is 20.3 Å². The minimum absolute atomic E-state index is 0.0588. The molecule has 2 rings (SSSR count). The average molecular weight is 261 g/mol. The topological polar surface area (TPSA) is 110 Å². The summed E-state index contributed by atoms with van der Waals surface area (Å²) in [7, 11) is 1.52. The summed E-state index contributed by atoms with van der Waals surface area (Å²) in [5.74, 6) is -1.48. The Bertz CT molecular complexity index is 622. The van der Waals surface area contributed by atoms with E-state index in [0.717, 1.165) is 0 Å². The molecule has 1 heterocycles. The van der Waals surface area contributed by atoms with Gasteiger partial charge in [-0.25, -0.2) is 4.79 Å². The van der Waals surface area contributed by atoms with E-state index in [2.05, 4.69) is 9.68 Å². The van der Waals surface area contributed by atoms with Gasteiger partial charge in [-0.2, -0.15) is 0 Å². The Hall–Kier alpha value is -2.83. The molecule has 0 saturated heterocycles. The van der Waals surface area contributed by atoms with Crippen molar-refractivity contribution in [3.8, 4) is 0 Å². The van der Waals surface area contributed by atoms with E-state index in [1.54, 1.807) is 0 Å². The number of hydrogen-bond donors (Lipinski definition) is 2. The second-order valence-corrected chi connectivity index (χ2v) is 3.83. The van der Waals surface area contributed by atoms with Crippen molar-refractivity contribution in [2.45, 2.75) is 0 Å². The van der Waals surface area contributed by atoms with E-state index in [4.69, 9.17) is 10.8 Å². The van der Waals surface area contributed by atoms with Gasteiger partial charge in [-0.1, -0.05) is 5.16 Å². The van der Waals surface area contributed by atoms with Gasteiger partial charge in [0, 0.05) is 13.1 Å². The van der Waals surface area contributed by atoms with Crippen molar-refractivity contribution >= 4 is 23.3 Å². The van der Waals surface area contributed by atoms with Crippen LogP contribution in [0.4, 0.5) is 11.4 Å². The zero-order valence-corrected chi connectivity index (χ0v) is 10.0. The van der Waals surface area contributed by atoms with Crippen LogP contribution in [-0.2, 0) is 0 Å². The molecule has 0 radical (unpaired) electrons. The van der Waals surface area contributed by atoms with E-state index in [1.165, 1.54) is 42.5 Å². The van der Waals surface area contributed by atoms with Crippen molar-refractivity contribution in [1.29, 1.82) is 0 Å². The van der Waals surface area contributed by atoms with Gasteiger partial charge in [-0.15, -0.1) is 0 Å². The first-order chi connectivity index (χ1) is 9.00. The number of carbonyl (C=O) groups is 2. The first kappa shape index (κ1) is 12.6. The molecule has 0 aliphatic heterocycles. The van der Waals surface area contributed by atoms with E-state index in [1.807, 2.05) is 0 Å². The zero-order chi connectivity index (χ0) is 14.0. The quantitative estimate of drug-likeness (QED) is 0.804. The second kappa shape index (κ2) is 4.81. The third-order valence-electron chi connectivity index (χ3n) is 2.60. The van der Waals surface area contributed by atoms with Crippen LogP contribution in [0.15, 0.2) is 35.1 Å². The third kappa shape index (κ3) is 2.39. The Morgan fingerprint density at radius 1 is 1.37 bits per heavy atom. The van der Waals surface area contributed by atoms with Crippen molar-refractivity contribution in [1.82, 2.24) is 5.16 Å². The molecule has 98 valence electrons. The molecule has 0 fully saturated rings. The summed E-state index contributed by atoms with van der Waals surface area (Å²) in [6.07, 6.45) is 1.29. The van der Waals surface area contributed by atoms with E-state index >= 15 is 0 Å². The molecule has 2 aromatic rings. The lowest BCUT2D eigenvalue weighted by Crippen LogP contribution is -2.27. The fourth-order valence-corrected chi connectivity index (χ4v) is 1.60. The van der Waals surface area contributed by atoms with E-state index in [-0.39, 0.29) is 16.9 Å². The average Bonchev–Trinajstić information content (AvgIpc) is 2.90.